The maximum atomic E-state index is 10.3. The van der Waals surface area contributed by atoms with Crippen molar-refractivity contribution in [2.24, 2.45) is 0 Å². The number of ether oxygens (including phenoxy) is 1. The second kappa shape index (κ2) is 5.42. The van der Waals surface area contributed by atoms with Crippen molar-refractivity contribution in [3.8, 4) is 5.75 Å². The summed E-state index contributed by atoms with van der Waals surface area (Å²) in [4.78, 5) is 0. The third-order valence-electron chi connectivity index (χ3n) is 2.91. The van der Waals surface area contributed by atoms with Crippen LogP contribution in [0.1, 0.15) is 22.8 Å². The number of hydrogen-bond acceptors (Lipinski definition) is 2. The Balaban J connectivity index is 2.34. The lowest BCUT2D eigenvalue weighted by Crippen LogP contribution is -2.00. The van der Waals surface area contributed by atoms with Crippen LogP contribution in [0.5, 0.6) is 5.75 Å². The van der Waals surface area contributed by atoms with Crippen molar-refractivity contribution in [2.75, 3.05) is 7.11 Å². The predicted molar refractivity (Wildman–Crippen MR) is 73.2 cm³/mol. The van der Waals surface area contributed by atoms with E-state index in [0.717, 1.165) is 22.4 Å². The molecule has 1 unspecified atom stereocenters. The number of benzene rings is 2. The number of aryl methyl sites for hydroxylation is 1. The Hall–Kier alpha value is -1.51. The van der Waals surface area contributed by atoms with Crippen molar-refractivity contribution in [1.29, 1.82) is 0 Å². The fraction of sp³-hybridized carbons (Fsp3) is 0.200. The Bertz CT molecular complexity index is 552. The minimum atomic E-state index is -0.670. The lowest BCUT2D eigenvalue weighted by atomic mass is 10.00. The summed E-state index contributed by atoms with van der Waals surface area (Å²) < 4.78 is 5.15. The fourth-order valence-corrected chi connectivity index (χ4v) is 1.96. The van der Waals surface area contributed by atoms with Crippen molar-refractivity contribution >= 4 is 11.6 Å². The van der Waals surface area contributed by atoms with E-state index in [2.05, 4.69) is 0 Å². The largest absolute Gasteiger partial charge is 0.497 e. The molecule has 2 rings (SSSR count). The van der Waals surface area contributed by atoms with Crippen molar-refractivity contribution < 1.29 is 9.84 Å². The second-order valence-corrected chi connectivity index (χ2v) is 4.59. The fourth-order valence-electron chi connectivity index (χ4n) is 1.84. The van der Waals surface area contributed by atoms with E-state index in [0.29, 0.717) is 5.02 Å². The van der Waals surface area contributed by atoms with Gasteiger partial charge in [0.25, 0.3) is 0 Å². The quantitative estimate of drug-likeness (QED) is 0.913. The molecule has 0 aliphatic heterocycles. The molecule has 2 aromatic carbocycles. The summed E-state index contributed by atoms with van der Waals surface area (Å²) in [6, 6.07) is 12.9. The number of hydrogen-bond donors (Lipinski definition) is 1. The van der Waals surface area contributed by atoms with Gasteiger partial charge in [-0.05, 0) is 41.8 Å². The molecule has 0 amide bonds. The summed E-state index contributed by atoms with van der Waals surface area (Å²) >= 11 is 5.98. The molecule has 0 radical (unpaired) electrons. The Labute approximate surface area is 112 Å². The zero-order valence-electron chi connectivity index (χ0n) is 10.4. The topological polar surface area (TPSA) is 29.5 Å². The van der Waals surface area contributed by atoms with E-state index in [-0.39, 0.29) is 0 Å². The van der Waals surface area contributed by atoms with Crippen LogP contribution in [0, 0.1) is 6.92 Å². The molecular formula is C15H15ClO2. The van der Waals surface area contributed by atoms with Gasteiger partial charge in [-0.3, -0.25) is 0 Å². The van der Waals surface area contributed by atoms with Gasteiger partial charge in [0.2, 0.25) is 0 Å². The van der Waals surface area contributed by atoms with E-state index in [1.54, 1.807) is 13.2 Å². The molecule has 2 aromatic rings. The number of rotatable bonds is 3. The van der Waals surface area contributed by atoms with Crippen LogP contribution in [0.2, 0.25) is 5.02 Å². The molecule has 3 heteroatoms. The first-order valence-corrected chi connectivity index (χ1v) is 6.07. The standard InChI is InChI=1S/C15H15ClO2/c1-10-8-12(6-7-14(10)16)15(17)11-4-3-5-13(9-11)18-2/h3-9,15,17H,1-2H3. The maximum absolute atomic E-state index is 10.3. The van der Waals surface area contributed by atoms with Crippen LogP contribution in [0.25, 0.3) is 0 Å². The Morgan fingerprint density at radius 3 is 2.50 bits per heavy atom. The summed E-state index contributed by atoms with van der Waals surface area (Å²) in [6.45, 7) is 1.92. The van der Waals surface area contributed by atoms with E-state index in [4.69, 9.17) is 16.3 Å². The molecule has 0 saturated heterocycles. The highest BCUT2D eigenvalue weighted by Crippen LogP contribution is 2.27. The molecule has 0 aliphatic rings. The van der Waals surface area contributed by atoms with Gasteiger partial charge in [-0.2, -0.15) is 0 Å². The molecule has 18 heavy (non-hydrogen) atoms. The Morgan fingerprint density at radius 1 is 1.11 bits per heavy atom. The summed E-state index contributed by atoms with van der Waals surface area (Å²) in [5.74, 6) is 0.734. The second-order valence-electron chi connectivity index (χ2n) is 4.19. The van der Waals surface area contributed by atoms with Crippen LogP contribution in [-0.2, 0) is 0 Å². The molecule has 0 spiro atoms. The molecule has 94 valence electrons. The molecule has 1 N–H and O–H groups in total. The van der Waals surface area contributed by atoms with Crippen LogP contribution in [-0.4, -0.2) is 12.2 Å². The van der Waals surface area contributed by atoms with Crippen LogP contribution in [0.3, 0.4) is 0 Å². The lowest BCUT2D eigenvalue weighted by molar-refractivity contribution is 0.219. The first-order valence-electron chi connectivity index (χ1n) is 5.70. The van der Waals surface area contributed by atoms with Crippen LogP contribution >= 0.6 is 11.6 Å². The van der Waals surface area contributed by atoms with Gasteiger partial charge in [-0.1, -0.05) is 35.9 Å². The number of aliphatic hydroxyl groups excluding tert-OH is 1. The lowest BCUT2D eigenvalue weighted by Gasteiger charge is -2.13. The van der Waals surface area contributed by atoms with Crippen LogP contribution < -0.4 is 4.74 Å². The first kappa shape index (κ1) is 12.9. The van der Waals surface area contributed by atoms with Crippen molar-refractivity contribution in [2.45, 2.75) is 13.0 Å². The first-order chi connectivity index (χ1) is 8.61. The van der Waals surface area contributed by atoms with E-state index >= 15 is 0 Å². The summed E-state index contributed by atoms with van der Waals surface area (Å²) in [6.07, 6.45) is -0.670. The molecule has 0 fully saturated rings. The van der Waals surface area contributed by atoms with Crippen molar-refractivity contribution in [1.82, 2.24) is 0 Å². The third-order valence-corrected chi connectivity index (χ3v) is 3.33. The van der Waals surface area contributed by atoms with Gasteiger partial charge < -0.3 is 9.84 Å². The van der Waals surface area contributed by atoms with Crippen LogP contribution in [0.4, 0.5) is 0 Å². The molecule has 0 aromatic heterocycles. The molecule has 2 nitrogen and oxygen atoms in total. The summed E-state index contributed by atoms with van der Waals surface area (Å²) in [5, 5.41) is 11.0. The normalized spacial score (nSPS) is 12.2. The Kier molecular flexibility index (Phi) is 3.90. The van der Waals surface area contributed by atoms with E-state index in [9.17, 15) is 5.11 Å². The van der Waals surface area contributed by atoms with Crippen molar-refractivity contribution in [3.63, 3.8) is 0 Å². The molecule has 0 heterocycles. The highest BCUT2D eigenvalue weighted by molar-refractivity contribution is 6.31. The molecule has 0 saturated carbocycles. The zero-order chi connectivity index (χ0) is 13.1. The SMILES string of the molecule is COc1cccc(C(O)c2ccc(Cl)c(C)c2)c1. The maximum Gasteiger partial charge on any atom is 0.119 e. The predicted octanol–water partition coefficient (Wildman–Crippen LogP) is 3.74. The van der Waals surface area contributed by atoms with E-state index < -0.39 is 6.10 Å². The van der Waals surface area contributed by atoms with Gasteiger partial charge in [-0.25, -0.2) is 0 Å². The highest BCUT2D eigenvalue weighted by Gasteiger charge is 2.12. The van der Waals surface area contributed by atoms with Crippen molar-refractivity contribution in [3.05, 3.63) is 64.2 Å². The smallest absolute Gasteiger partial charge is 0.119 e. The van der Waals surface area contributed by atoms with Gasteiger partial charge in [0.15, 0.2) is 0 Å². The molecule has 1 atom stereocenters. The summed E-state index contributed by atoms with van der Waals surface area (Å²) in [5.41, 5.74) is 2.58. The van der Waals surface area contributed by atoms with Gasteiger partial charge in [0.05, 0.1) is 7.11 Å². The Morgan fingerprint density at radius 2 is 1.83 bits per heavy atom. The van der Waals surface area contributed by atoms with Gasteiger partial charge >= 0.3 is 0 Å². The average Bonchev–Trinajstić information content (AvgIpc) is 2.41. The molecular weight excluding hydrogens is 248 g/mol. The minimum absolute atomic E-state index is 0.670. The minimum Gasteiger partial charge on any atom is -0.497 e. The van der Waals surface area contributed by atoms with E-state index in [1.165, 1.54) is 0 Å². The van der Waals surface area contributed by atoms with E-state index in [1.807, 2.05) is 43.3 Å². The zero-order valence-corrected chi connectivity index (χ0v) is 11.1. The molecule has 0 aliphatic carbocycles. The number of aliphatic hydroxyl groups is 1. The summed E-state index contributed by atoms with van der Waals surface area (Å²) in [7, 11) is 1.61. The van der Waals surface area contributed by atoms with Gasteiger partial charge in [0, 0.05) is 5.02 Å². The number of methoxy groups -OCH3 is 1. The van der Waals surface area contributed by atoms with Crippen LogP contribution in [0.15, 0.2) is 42.5 Å². The monoisotopic (exact) mass is 262 g/mol. The average molecular weight is 263 g/mol. The van der Waals surface area contributed by atoms with Gasteiger partial charge in [-0.15, -0.1) is 0 Å². The highest BCUT2D eigenvalue weighted by atomic mass is 35.5. The molecule has 0 bridgehead atoms. The third kappa shape index (κ3) is 2.66. The van der Waals surface area contributed by atoms with Gasteiger partial charge in [0.1, 0.15) is 11.9 Å². The number of halogens is 1.